The molecule has 0 spiro atoms. The Labute approximate surface area is 230 Å². The smallest absolute Gasteiger partial charge is 0.306 e. The summed E-state index contributed by atoms with van der Waals surface area (Å²) in [4.78, 5) is 31.0. The molecule has 32 heavy (non-hydrogen) atoms. The number of hydrogen-bond acceptors (Lipinski definition) is 3. The molecular weight excluding hydrogens is 536 g/mol. The van der Waals surface area contributed by atoms with Crippen LogP contribution in [0.3, 0.4) is 0 Å². The third-order valence-electron chi connectivity index (χ3n) is 5.17. The Kier molecular flexibility index (Phi) is 35.1. The van der Waals surface area contributed by atoms with Crippen molar-refractivity contribution in [3.8, 4) is 0 Å². The zero-order chi connectivity index (χ0) is 24.7. The first-order valence-corrected chi connectivity index (χ1v) is 12.2. The van der Waals surface area contributed by atoms with Crippen LogP contribution in [0.2, 0.25) is 0 Å². The van der Waals surface area contributed by atoms with E-state index in [2.05, 4.69) is 27.7 Å². The quantitative estimate of drug-likeness (QED) is 0.164. The van der Waals surface area contributed by atoms with Gasteiger partial charge in [0.05, 0.1) is 11.8 Å². The van der Waals surface area contributed by atoms with Gasteiger partial charge < -0.3 is 15.3 Å². The first-order valence-electron chi connectivity index (χ1n) is 12.2. The first kappa shape index (κ1) is 39.0. The molecule has 0 aromatic rings. The number of hydrogen-bond donors (Lipinski definition) is 3. The number of carbonyl (C=O) groups is 3. The van der Waals surface area contributed by atoms with E-state index in [1.807, 2.05) is 13.8 Å². The largest absolute Gasteiger partial charge is 0.481 e. The number of unbranched alkanes of at least 4 members (excludes halogenated alkanes) is 4. The summed E-state index contributed by atoms with van der Waals surface area (Å²) in [5, 5.41) is 25.5. The van der Waals surface area contributed by atoms with E-state index in [0.29, 0.717) is 6.42 Å². The molecule has 3 N–H and O–H groups in total. The van der Waals surface area contributed by atoms with E-state index in [-0.39, 0.29) is 53.6 Å². The van der Waals surface area contributed by atoms with Crippen molar-refractivity contribution >= 4 is 17.9 Å². The molecule has 0 aromatic carbocycles. The Hall–Kier alpha value is -0.213. The summed E-state index contributed by atoms with van der Waals surface area (Å²) in [5.41, 5.74) is 0. The van der Waals surface area contributed by atoms with Crippen molar-refractivity contribution in [2.45, 2.75) is 125 Å². The van der Waals surface area contributed by atoms with Crippen molar-refractivity contribution in [3.05, 3.63) is 0 Å². The van der Waals surface area contributed by atoms with E-state index in [9.17, 15) is 14.4 Å². The summed E-state index contributed by atoms with van der Waals surface area (Å²) in [6.07, 6.45) is 12.0. The molecule has 2 atom stereocenters. The third-order valence-corrected chi connectivity index (χ3v) is 5.17. The Morgan fingerprint density at radius 3 is 1.28 bits per heavy atom. The molecule has 6 nitrogen and oxygen atoms in total. The fraction of sp³-hybridized carbons (Fsp3) is 0.880. The second-order valence-corrected chi connectivity index (χ2v) is 8.56. The monoisotopic (exact) mass is 586 g/mol. The SMILES string of the molecule is CC(C)CCCCCC(=O)O.CCCCC(CC)C(=O)O.CCCCC(CC)C(=O)O.[Ce]. The molecule has 2 unspecified atom stereocenters. The van der Waals surface area contributed by atoms with Crippen LogP contribution in [0.15, 0.2) is 0 Å². The van der Waals surface area contributed by atoms with Crippen molar-refractivity contribution in [2.24, 2.45) is 17.8 Å². The van der Waals surface area contributed by atoms with E-state index in [0.717, 1.165) is 70.1 Å². The van der Waals surface area contributed by atoms with Crippen molar-refractivity contribution in [2.75, 3.05) is 0 Å². The van der Waals surface area contributed by atoms with Crippen LogP contribution >= 0.6 is 0 Å². The number of carboxylic acid groups (broad SMARTS) is 3. The predicted molar refractivity (Wildman–Crippen MR) is 127 cm³/mol. The molecule has 0 aliphatic heterocycles. The summed E-state index contributed by atoms with van der Waals surface area (Å²) in [6.45, 7) is 12.4. The Morgan fingerprint density at radius 2 is 1.03 bits per heavy atom. The van der Waals surface area contributed by atoms with Gasteiger partial charge in [-0.05, 0) is 38.0 Å². The Bertz CT molecular complexity index is 414. The Balaban J connectivity index is -0.000000181. The molecular formula is C25H50CeO6. The fourth-order valence-corrected chi connectivity index (χ4v) is 2.91. The molecule has 0 bridgehead atoms. The van der Waals surface area contributed by atoms with E-state index in [4.69, 9.17) is 15.3 Å². The summed E-state index contributed by atoms with van der Waals surface area (Å²) < 4.78 is 0. The molecule has 0 amide bonds. The van der Waals surface area contributed by atoms with Gasteiger partial charge in [0.2, 0.25) is 0 Å². The van der Waals surface area contributed by atoms with Gasteiger partial charge in [0.1, 0.15) is 0 Å². The van der Waals surface area contributed by atoms with Crippen LogP contribution in [-0.2, 0) is 14.4 Å². The minimum Gasteiger partial charge on any atom is -0.481 e. The first-order chi connectivity index (χ1) is 14.6. The van der Waals surface area contributed by atoms with Gasteiger partial charge in [-0.15, -0.1) is 0 Å². The number of aliphatic carboxylic acids is 3. The molecule has 190 valence electrons. The molecule has 0 aliphatic rings. The summed E-state index contributed by atoms with van der Waals surface area (Å²) in [5.74, 6) is -1.43. The minimum absolute atomic E-state index is 0. The van der Waals surface area contributed by atoms with Gasteiger partial charge in [-0.2, -0.15) is 0 Å². The van der Waals surface area contributed by atoms with Crippen LogP contribution in [0.25, 0.3) is 0 Å². The Morgan fingerprint density at radius 1 is 0.625 bits per heavy atom. The third kappa shape index (κ3) is 32.0. The van der Waals surface area contributed by atoms with Crippen LogP contribution in [0.5, 0.6) is 0 Å². The molecule has 0 heterocycles. The molecule has 0 saturated heterocycles. The normalized spacial score (nSPS) is 11.7. The molecule has 0 rings (SSSR count). The summed E-state index contributed by atoms with van der Waals surface area (Å²) in [7, 11) is 0. The van der Waals surface area contributed by atoms with E-state index in [1.165, 1.54) is 12.8 Å². The predicted octanol–water partition coefficient (Wildman–Crippen LogP) is 7.25. The summed E-state index contributed by atoms with van der Waals surface area (Å²) >= 11 is 0. The number of rotatable bonds is 16. The average molecular weight is 587 g/mol. The van der Waals surface area contributed by atoms with Gasteiger partial charge in [0, 0.05) is 48.2 Å². The molecule has 7 heteroatoms. The molecule has 0 saturated carbocycles. The van der Waals surface area contributed by atoms with Crippen LogP contribution in [0.1, 0.15) is 125 Å². The summed E-state index contributed by atoms with van der Waals surface area (Å²) in [6, 6.07) is 0. The van der Waals surface area contributed by atoms with Gasteiger partial charge in [-0.3, -0.25) is 14.4 Å². The second kappa shape index (κ2) is 28.8. The second-order valence-electron chi connectivity index (χ2n) is 8.56. The van der Waals surface area contributed by atoms with Crippen LogP contribution in [-0.4, -0.2) is 33.2 Å². The van der Waals surface area contributed by atoms with Crippen LogP contribution in [0.4, 0.5) is 0 Å². The van der Waals surface area contributed by atoms with Gasteiger partial charge in [-0.1, -0.05) is 86.5 Å². The molecule has 0 radical (unpaired) electrons. The molecule has 0 fully saturated rings. The van der Waals surface area contributed by atoms with Crippen LogP contribution in [0, 0.1) is 59.5 Å². The van der Waals surface area contributed by atoms with Crippen molar-refractivity contribution in [1.82, 2.24) is 0 Å². The van der Waals surface area contributed by atoms with E-state index < -0.39 is 17.9 Å². The zero-order valence-electron chi connectivity index (χ0n) is 21.5. The molecule has 0 aromatic heterocycles. The maximum absolute atomic E-state index is 10.4. The molecule has 0 aliphatic carbocycles. The van der Waals surface area contributed by atoms with Crippen molar-refractivity contribution in [1.29, 1.82) is 0 Å². The fourth-order valence-electron chi connectivity index (χ4n) is 2.91. The van der Waals surface area contributed by atoms with Gasteiger partial charge >= 0.3 is 17.9 Å². The van der Waals surface area contributed by atoms with Crippen LogP contribution < -0.4 is 0 Å². The maximum Gasteiger partial charge on any atom is 0.306 e. The van der Waals surface area contributed by atoms with Gasteiger partial charge in [-0.25, -0.2) is 0 Å². The van der Waals surface area contributed by atoms with Crippen molar-refractivity contribution < 1.29 is 71.5 Å². The topological polar surface area (TPSA) is 112 Å². The van der Waals surface area contributed by atoms with Gasteiger partial charge in [0.25, 0.3) is 0 Å². The number of carboxylic acids is 3. The standard InChI is InChI=1S/C9H18O2.2C8H16O2.Ce/c1-8(2)6-4-3-5-7-9(10)11;2*1-3-5-6-7(4-2)8(9)10;/h8H,3-7H2,1-2H3,(H,10,11);2*7H,3-6H2,1-2H3,(H,9,10);. The maximum atomic E-state index is 10.4. The van der Waals surface area contributed by atoms with Gasteiger partial charge in [0.15, 0.2) is 0 Å². The zero-order valence-corrected chi connectivity index (χ0v) is 24.6. The van der Waals surface area contributed by atoms with E-state index in [1.54, 1.807) is 0 Å². The van der Waals surface area contributed by atoms with E-state index >= 15 is 0 Å². The average Bonchev–Trinajstić information content (AvgIpc) is 2.69. The van der Waals surface area contributed by atoms with Crippen molar-refractivity contribution in [3.63, 3.8) is 0 Å². The minimum atomic E-state index is -0.672.